The molecule has 2 heterocycles. The van der Waals surface area contributed by atoms with Gasteiger partial charge in [-0.05, 0) is 70.8 Å². The van der Waals surface area contributed by atoms with Gasteiger partial charge in [0.05, 0.1) is 34.7 Å². The van der Waals surface area contributed by atoms with Crippen LogP contribution in [-0.4, -0.2) is 24.2 Å². The summed E-state index contributed by atoms with van der Waals surface area (Å²) < 4.78 is 13.9. The molecule has 234 valence electrons. The summed E-state index contributed by atoms with van der Waals surface area (Å²) in [7, 11) is 3.39. The number of thiazole rings is 2. The van der Waals surface area contributed by atoms with Gasteiger partial charge in [-0.15, -0.1) is 22.7 Å². The molecule has 2 aromatic heterocycles. The highest BCUT2D eigenvalue weighted by Crippen LogP contribution is 2.32. The van der Waals surface area contributed by atoms with Crippen molar-refractivity contribution in [2.75, 3.05) is 14.2 Å². The summed E-state index contributed by atoms with van der Waals surface area (Å²) in [5, 5.41) is 2.00. The number of hydrogen-bond donors (Lipinski definition) is 0. The van der Waals surface area contributed by atoms with Gasteiger partial charge in [0.15, 0.2) is 0 Å². The third kappa shape index (κ3) is 7.36. The van der Waals surface area contributed by atoms with E-state index < -0.39 is 0 Å². The number of fused-ring (bicyclic) bond motifs is 2. The Labute approximate surface area is 288 Å². The third-order valence-electron chi connectivity index (χ3n) is 7.82. The highest BCUT2D eigenvalue weighted by Gasteiger charge is 2.08. The molecule has 0 amide bonds. The first kappa shape index (κ1) is 31.1. The molecule has 0 saturated heterocycles. The lowest BCUT2D eigenvalue weighted by Gasteiger charge is -2.11. The number of methoxy groups -OCH3 is 2. The van der Waals surface area contributed by atoms with E-state index in [9.17, 15) is 0 Å². The van der Waals surface area contributed by atoms with E-state index in [1.54, 1.807) is 36.9 Å². The molecule has 7 aromatic rings. The molecule has 6 heteroatoms. The lowest BCUT2D eigenvalue weighted by atomic mass is 10.0. The molecular formula is C42H32N2O2S2. The zero-order valence-corrected chi connectivity index (χ0v) is 28.2. The van der Waals surface area contributed by atoms with E-state index in [1.807, 2.05) is 48.5 Å². The first-order chi connectivity index (χ1) is 23.6. The Bertz CT molecular complexity index is 2080. The van der Waals surface area contributed by atoms with Crippen molar-refractivity contribution in [3.05, 3.63) is 153 Å². The number of hydrogen-bond acceptors (Lipinski definition) is 6. The number of nitrogens with zero attached hydrogens (tertiary/aromatic N) is 2. The van der Waals surface area contributed by atoms with Gasteiger partial charge in [0.2, 0.25) is 0 Å². The highest BCUT2D eigenvalue weighted by molar-refractivity contribution is 7.19. The molecule has 0 aliphatic heterocycles. The van der Waals surface area contributed by atoms with Gasteiger partial charge in [-0.1, -0.05) is 109 Å². The first-order valence-corrected chi connectivity index (χ1v) is 17.2. The van der Waals surface area contributed by atoms with Crippen LogP contribution >= 0.6 is 22.7 Å². The molecule has 0 saturated carbocycles. The zero-order chi connectivity index (χ0) is 32.7. The van der Waals surface area contributed by atoms with Crippen molar-refractivity contribution in [1.82, 2.24) is 9.97 Å². The smallest absolute Gasteiger partial charge is 0.126 e. The van der Waals surface area contributed by atoms with Crippen molar-refractivity contribution < 1.29 is 9.47 Å². The second kappa shape index (κ2) is 14.5. The van der Waals surface area contributed by atoms with Crippen molar-refractivity contribution in [2.45, 2.75) is 0 Å². The number of benzene rings is 5. The molecule has 0 radical (unpaired) electrons. The van der Waals surface area contributed by atoms with Gasteiger partial charge in [0.25, 0.3) is 0 Å². The summed E-state index contributed by atoms with van der Waals surface area (Å²) in [6.07, 6.45) is 16.6. The second-order valence-corrected chi connectivity index (χ2v) is 13.2. The van der Waals surface area contributed by atoms with Gasteiger partial charge in [0.1, 0.15) is 21.5 Å². The predicted octanol–water partition coefficient (Wildman–Crippen LogP) is 11.6. The van der Waals surface area contributed by atoms with Gasteiger partial charge in [0, 0.05) is 11.1 Å². The largest absolute Gasteiger partial charge is 0.496 e. The molecule has 0 aliphatic carbocycles. The van der Waals surface area contributed by atoms with Crippen LogP contribution in [0.15, 0.2) is 109 Å². The first-order valence-electron chi connectivity index (χ1n) is 15.5. The van der Waals surface area contributed by atoms with Crippen LogP contribution in [0.3, 0.4) is 0 Å². The molecular weight excluding hydrogens is 629 g/mol. The lowest BCUT2D eigenvalue weighted by Crippen LogP contribution is -1.93. The maximum absolute atomic E-state index is 5.77. The van der Waals surface area contributed by atoms with Crippen molar-refractivity contribution in [3.63, 3.8) is 0 Å². The zero-order valence-electron chi connectivity index (χ0n) is 26.5. The molecule has 4 nitrogen and oxygen atoms in total. The van der Waals surface area contributed by atoms with Gasteiger partial charge in [-0.2, -0.15) is 0 Å². The van der Waals surface area contributed by atoms with Crippen molar-refractivity contribution in [3.8, 4) is 11.5 Å². The van der Waals surface area contributed by atoms with E-state index >= 15 is 0 Å². The Morgan fingerprint density at radius 3 is 1.15 bits per heavy atom. The quantitative estimate of drug-likeness (QED) is 0.137. The van der Waals surface area contributed by atoms with E-state index in [0.29, 0.717) is 0 Å². The molecule has 0 N–H and O–H groups in total. The minimum absolute atomic E-state index is 0.775. The van der Waals surface area contributed by atoms with Crippen LogP contribution in [0, 0.1) is 0 Å². The van der Waals surface area contributed by atoms with Crippen molar-refractivity contribution in [1.29, 1.82) is 0 Å². The standard InChI is InChI=1S/C42H32N2O2S2/c1-45-37-27-34(24-20-30-13-17-32(18-14-30)22-26-42-44-36-8-4-6-10-40(36)48-42)38(46-2)28-33(37)23-19-29-11-15-31(16-12-29)21-25-41-43-35-7-3-5-9-39(35)47-41/h3-28H,1-2H3/b23-19+,24-20+,25-21+,26-22+. The molecule has 0 aliphatic rings. The van der Waals surface area contributed by atoms with E-state index in [0.717, 1.165) is 65.9 Å². The van der Waals surface area contributed by atoms with Gasteiger partial charge < -0.3 is 9.47 Å². The number of para-hydroxylation sites is 2. The van der Waals surface area contributed by atoms with E-state index in [4.69, 9.17) is 9.47 Å². The Morgan fingerprint density at radius 1 is 0.438 bits per heavy atom. The molecule has 7 rings (SSSR count). The predicted molar refractivity (Wildman–Crippen MR) is 207 cm³/mol. The minimum atomic E-state index is 0.775. The highest BCUT2D eigenvalue weighted by atomic mass is 32.1. The Balaban J connectivity index is 1.01. The second-order valence-electron chi connectivity index (χ2n) is 11.0. The maximum Gasteiger partial charge on any atom is 0.126 e. The van der Waals surface area contributed by atoms with Gasteiger partial charge in [-0.25, -0.2) is 9.97 Å². The lowest BCUT2D eigenvalue weighted by molar-refractivity contribution is 0.401. The molecule has 0 atom stereocenters. The molecule has 0 spiro atoms. The monoisotopic (exact) mass is 660 g/mol. The summed E-state index contributed by atoms with van der Waals surface area (Å²) in [5.41, 5.74) is 8.39. The van der Waals surface area contributed by atoms with E-state index in [-0.39, 0.29) is 0 Å². The fourth-order valence-corrected chi connectivity index (χ4v) is 7.01. The summed E-state index contributed by atoms with van der Waals surface area (Å²) >= 11 is 3.39. The molecule has 0 fully saturated rings. The van der Waals surface area contributed by atoms with Crippen LogP contribution in [-0.2, 0) is 0 Å². The van der Waals surface area contributed by atoms with Crippen LogP contribution in [0.4, 0.5) is 0 Å². The molecule has 5 aromatic carbocycles. The molecule has 48 heavy (non-hydrogen) atoms. The average Bonchev–Trinajstić information content (AvgIpc) is 3.76. The van der Waals surface area contributed by atoms with Crippen molar-refractivity contribution in [2.24, 2.45) is 0 Å². The third-order valence-corrected chi connectivity index (χ3v) is 9.83. The Hall–Kier alpha value is -5.56. The van der Waals surface area contributed by atoms with Crippen molar-refractivity contribution >= 4 is 91.7 Å². The van der Waals surface area contributed by atoms with Crippen LogP contribution < -0.4 is 9.47 Å². The summed E-state index contributed by atoms with van der Waals surface area (Å²) in [6, 6.07) is 37.3. The minimum Gasteiger partial charge on any atom is -0.496 e. The number of ether oxygens (including phenoxy) is 2. The topological polar surface area (TPSA) is 44.2 Å². The number of aromatic nitrogens is 2. The van der Waals surface area contributed by atoms with Crippen LogP contribution in [0.5, 0.6) is 11.5 Å². The van der Waals surface area contributed by atoms with Crippen LogP contribution in [0.25, 0.3) is 69.0 Å². The fourth-order valence-electron chi connectivity index (χ4n) is 5.27. The van der Waals surface area contributed by atoms with E-state index in [2.05, 4.69) is 119 Å². The number of rotatable bonds is 10. The van der Waals surface area contributed by atoms with Crippen LogP contribution in [0.1, 0.15) is 43.4 Å². The van der Waals surface area contributed by atoms with Crippen LogP contribution in [0.2, 0.25) is 0 Å². The van der Waals surface area contributed by atoms with Gasteiger partial charge in [-0.3, -0.25) is 0 Å². The fraction of sp³-hybridized carbons (Fsp3) is 0.0476. The normalized spacial score (nSPS) is 12.0. The Kier molecular flexibility index (Phi) is 9.36. The maximum atomic E-state index is 5.77. The SMILES string of the molecule is COc1cc(/C=C/c2ccc(/C=C/c3nc4ccccc4s3)cc2)c(OC)cc1/C=C/c1ccc(/C=C/c2nc3ccccc3s2)cc1. The molecule has 0 unspecified atom stereocenters. The average molecular weight is 661 g/mol. The summed E-state index contributed by atoms with van der Waals surface area (Å²) in [6.45, 7) is 0. The summed E-state index contributed by atoms with van der Waals surface area (Å²) in [5.74, 6) is 1.55. The van der Waals surface area contributed by atoms with Gasteiger partial charge >= 0.3 is 0 Å². The summed E-state index contributed by atoms with van der Waals surface area (Å²) in [4.78, 5) is 9.37. The van der Waals surface area contributed by atoms with E-state index in [1.165, 1.54) is 9.40 Å². The Morgan fingerprint density at radius 2 is 0.792 bits per heavy atom. The molecule has 0 bridgehead atoms.